The molecule has 1 aliphatic heterocycles. The van der Waals surface area contributed by atoms with E-state index in [1.807, 2.05) is 0 Å². The van der Waals surface area contributed by atoms with E-state index in [0.717, 1.165) is 26.2 Å². The maximum Gasteiger partial charge on any atom is 0.0602 e. The van der Waals surface area contributed by atoms with Crippen molar-refractivity contribution in [3.63, 3.8) is 0 Å². The summed E-state index contributed by atoms with van der Waals surface area (Å²) in [6.45, 7) is 9.01. The fraction of sp³-hybridized carbons (Fsp3) is 0.308. The topological polar surface area (TPSA) is 6.48 Å². The van der Waals surface area contributed by atoms with Gasteiger partial charge in [-0.1, -0.05) is 91.0 Å². The zero-order chi connectivity index (χ0) is 19.4. The van der Waals surface area contributed by atoms with Crippen LogP contribution in [-0.2, 0) is 5.54 Å². The molecule has 0 aromatic heterocycles. The second kappa shape index (κ2) is 8.30. The van der Waals surface area contributed by atoms with E-state index >= 15 is 0 Å². The van der Waals surface area contributed by atoms with Crippen LogP contribution in [0.4, 0.5) is 0 Å². The minimum Gasteiger partial charge on any atom is -0.292 e. The average molecular weight is 371 g/mol. The molecule has 1 aliphatic rings. The molecule has 0 unspecified atom stereocenters. The highest BCUT2D eigenvalue weighted by Gasteiger charge is 2.33. The van der Waals surface area contributed by atoms with Crippen molar-refractivity contribution in [2.24, 2.45) is 0 Å². The SMILES string of the molecule is CC(C)(c1ccccc1)N1CCN(C(c2ccccc2)c2ccccc2)CC1. The first kappa shape index (κ1) is 18.9. The average Bonchev–Trinajstić information content (AvgIpc) is 2.76. The minimum absolute atomic E-state index is 0.0579. The normalized spacial score (nSPS) is 16.4. The van der Waals surface area contributed by atoms with Gasteiger partial charge in [0.05, 0.1) is 6.04 Å². The summed E-state index contributed by atoms with van der Waals surface area (Å²) in [6, 6.07) is 33.1. The summed E-state index contributed by atoms with van der Waals surface area (Å²) >= 11 is 0. The molecule has 0 aliphatic carbocycles. The highest BCUT2D eigenvalue weighted by Crippen LogP contribution is 2.33. The van der Waals surface area contributed by atoms with Gasteiger partial charge in [0.2, 0.25) is 0 Å². The van der Waals surface area contributed by atoms with E-state index in [4.69, 9.17) is 0 Å². The van der Waals surface area contributed by atoms with Gasteiger partial charge in [-0.3, -0.25) is 9.80 Å². The lowest BCUT2D eigenvalue weighted by Crippen LogP contribution is -2.53. The Bertz CT molecular complexity index is 811. The second-order valence-electron chi connectivity index (χ2n) is 8.17. The molecule has 3 aromatic rings. The Morgan fingerprint density at radius 3 is 1.50 bits per heavy atom. The predicted molar refractivity (Wildman–Crippen MR) is 117 cm³/mol. The number of hydrogen-bond acceptors (Lipinski definition) is 2. The fourth-order valence-electron chi connectivity index (χ4n) is 4.45. The van der Waals surface area contributed by atoms with Crippen molar-refractivity contribution in [1.82, 2.24) is 9.80 Å². The van der Waals surface area contributed by atoms with Crippen LogP contribution in [0.15, 0.2) is 91.0 Å². The Balaban J connectivity index is 1.54. The summed E-state index contributed by atoms with van der Waals surface area (Å²) in [4.78, 5) is 5.27. The van der Waals surface area contributed by atoms with Gasteiger partial charge in [0.15, 0.2) is 0 Å². The van der Waals surface area contributed by atoms with Crippen LogP contribution < -0.4 is 0 Å². The van der Waals surface area contributed by atoms with Crippen molar-refractivity contribution in [2.45, 2.75) is 25.4 Å². The fourth-order valence-corrected chi connectivity index (χ4v) is 4.45. The van der Waals surface area contributed by atoms with E-state index in [0.29, 0.717) is 6.04 Å². The zero-order valence-electron chi connectivity index (χ0n) is 17.0. The monoisotopic (exact) mass is 370 g/mol. The van der Waals surface area contributed by atoms with Crippen LogP contribution in [0.3, 0.4) is 0 Å². The molecule has 144 valence electrons. The van der Waals surface area contributed by atoms with Crippen molar-refractivity contribution >= 4 is 0 Å². The van der Waals surface area contributed by atoms with Crippen molar-refractivity contribution in [1.29, 1.82) is 0 Å². The zero-order valence-corrected chi connectivity index (χ0v) is 17.0. The molecule has 0 atom stereocenters. The van der Waals surface area contributed by atoms with Crippen LogP contribution in [0.5, 0.6) is 0 Å². The highest BCUT2D eigenvalue weighted by molar-refractivity contribution is 5.32. The minimum atomic E-state index is 0.0579. The lowest BCUT2D eigenvalue weighted by molar-refractivity contribution is 0.0387. The van der Waals surface area contributed by atoms with Gasteiger partial charge in [0, 0.05) is 31.7 Å². The molecule has 1 fully saturated rings. The van der Waals surface area contributed by atoms with Crippen molar-refractivity contribution in [3.8, 4) is 0 Å². The van der Waals surface area contributed by atoms with Gasteiger partial charge in [-0.25, -0.2) is 0 Å². The molecule has 0 N–H and O–H groups in total. The van der Waals surface area contributed by atoms with E-state index < -0.39 is 0 Å². The molecular formula is C26H30N2. The van der Waals surface area contributed by atoms with Gasteiger partial charge in [0.25, 0.3) is 0 Å². The third-order valence-corrected chi connectivity index (χ3v) is 6.18. The van der Waals surface area contributed by atoms with E-state index in [1.165, 1.54) is 16.7 Å². The van der Waals surface area contributed by atoms with Gasteiger partial charge in [-0.05, 0) is 30.5 Å². The van der Waals surface area contributed by atoms with Gasteiger partial charge < -0.3 is 0 Å². The first-order valence-electron chi connectivity index (χ1n) is 10.3. The molecule has 2 nitrogen and oxygen atoms in total. The molecule has 0 spiro atoms. The molecule has 3 aromatic carbocycles. The number of nitrogens with zero attached hydrogens (tertiary/aromatic N) is 2. The van der Waals surface area contributed by atoms with Crippen LogP contribution in [0, 0.1) is 0 Å². The maximum absolute atomic E-state index is 2.64. The first-order valence-corrected chi connectivity index (χ1v) is 10.3. The predicted octanol–water partition coefficient (Wildman–Crippen LogP) is 5.33. The summed E-state index contributed by atoms with van der Waals surface area (Å²) < 4.78 is 0. The van der Waals surface area contributed by atoms with Crippen LogP contribution >= 0.6 is 0 Å². The molecule has 0 saturated carbocycles. The molecule has 4 rings (SSSR count). The smallest absolute Gasteiger partial charge is 0.0602 e. The number of hydrogen-bond donors (Lipinski definition) is 0. The van der Waals surface area contributed by atoms with Crippen LogP contribution in [0.25, 0.3) is 0 Å². The second-order valence-corrected chi connectivity index (χ2v) is 8.17. The van der Waals surface area contributed by atoms with Crippen LogP contribution in [-0.4, -0.2) is 36.0 Å². The van der Waals surface area contributed by atoms with Crippen molar-refractivity contribution < 1.29 is 0 Å². The molecule has 1 heterocycles. The lowest BCUT2D eigenvalue weighted by atomic mass is 9.91. The summed E-state index contributed by atoms with van der Waals surface area (Å²) in [7, 11) is 0. The van der Waals surface area contributed by atoms with E-state index in [2.05, 4.69) is 115 Å². The van der Waals surface area contributed by atoms with Gasteiger partial charge in [0.1, 0.15) is 0 Å². The van der Waals surface area contributed by atoms with Gasteiger partial charge >= 0.3 is 0 Å². The Labute approximate surface area is 169 Å². The quantitative estimate of drug-likeness (QED) is 0.599. The van der Waals surface area contributed by atoms with E-state index in [1.54, 1.807) is 0 Å². The first-order chi connectivity index (χ1) is 13.7. The van der Waals surface area contributed by atoms with Crippen molar-refractivity contribution in [3.05, 3.63) is 108 Å². The Kier molecular flexibility index (Phi) is 5.61. The lowest BCUT2D eigenvalue weighted by Gasteiger charge is -2.46. The van der Waals surface area contributed by atoms with E-state index in [-0.39, 0.29) is 5.54 Å². The Morgan fingerprint density at radius 2 is 1.04 bits per heavy atom. The molecular weight excluding hydrogens is 340 g/mol. The summed E-state index contributed by atoms with van der Waals surface area (Å²) in [5.74, 6) is 0. The summed E-state index contributed by atoms with van der Waals surface area (Å²) in [5, 5.41) is 0. The molecule has 0 amide bonds. The number of piperazine rings is 1. The van der Waals surface area contributed by atoms with Crippen molar-refractivity contribution in [2.75, 3.05) is 26.2 Å². The highest BCUT2D eigenvalue weighted by atomic mass is 15.3. The molecule has 28 heavy (non-hydrogen) atoms. The molecule has 2 heteroatoms. The van der Waals surface area contributed by atoms with Gasteiger partial charge in [-0.15, -0.1) is 0 Å². The maximum atomic E-state index is 2.64. The van der Waals surface area contributed by atoms with Crippen LogP contribution in [0.1, 0.15) is 36.6 Å². The summed E-state index contributed by atoms with van der Waals surface area (Å²) in [6.07, 6.45) is 0. The third-order valence-electron chi connectivity index (χ3n) is 6.18. The standard InChI is InChI=1S/C26H30N2/c1-26(2,24-16-10-5-11-17-24)28-20-18-27(19-21-28)25(22-12-6-3-7-13-22)23-14-8-4-9-15-23/h3-17,25H,18-21H2,1-2H3. The summed E-state index contributed by atoms with van der Waals surface area (Å²) in [5.41, 5.74) is 4.21. The number of rotatable bonds is 5. The third kappa shape index (κ3) is 3.89. The number of benzene rings is 3. The Morgan fingerprint density at radius 1 is 0.607 bits per heavy atom. The molecule has 1 saturated heterocycles. The molecule has 0 bridgehead atoms. The van der Waals surface area contributed by atoms with Crippen LogP contribution in [0.2, 0.25) is 0 Å². The molecule has 0 radical (unpaired) electrons. The largest absolute Gasteiger partial charge is 0.292 e. The van der Waals surface area contributed by atoms with E-state index in [9.17, 15) is 0 Å². The van der Waals surface area contributed by atoms with Gasteiger partial charge in [-0.2, -0.15) is 0 Å². The Hall–Kier alpha value is -2.42.